The molecule has 0 aliphatic rings. The second-order valence-corrected chi connectivity index (χ2v) is 6.97. The molecule has 3 heterocycles. The first-order chi connectivity index (χ1) is 14.6. The fourth-order valence-electron chi connectivity index (χ4n) is 3.46. The first-order valence-corrected chi connectivity index (χ1v) is 9.68. The van der Waals surface area contributed by atoms with E-state index >= 15 is 0 Å². The van der Waals surface area contributed by atoms with Crippen molar-refractivity contribution < 1.29 is 9.53 Å². The Balaban J connectivity index is 1.43. The van der Waals surface area contributed by atoms with E-state index in [0.717, 1.165) is 28.3 Å². The summed E-state index contributed by atoms with van der Waals surface area (Å²) >= 11 is 0. The number of nitrogens with one attached hydrogen (secondary N) is 1. The molecule has 0 unspecified atom stereocenters. The highest BCUT2D eigenvalue weighted by Gasteiger charge is 2.15. The molecule has 1 amide bonds. The van der Waals surface area contributed by atoms with Crippen LogP contribution in [0.5, 0.6) is 5.75 Å². The number of amides is 1. The van der Waals surface area contributed by atoms with Gasteiger partial charge in [0, 0.05) is 24.2 Å². The number of carbonyl (C=O) groups is 1. The number of fused-ring (bicyclic) bond motifs is 1. The zero-order valence-electron chi connectivity index (χ0n) is 17.2. The average molecular weight is 405 g/mol. The van der Waals surface area contributed by atoms with Crippen LogP contribution in [-0.4, -0.2) is 42.6 Å². The normalized spacial score (nSPS) is 11.0. The van der Waals surface area contributed by atoms with Crippen molar-refractivity contribution in [2.45, 2.75) is 33.2 Å². The third-order valence-electron chi connectivity index (χ3n) is 5.08. The lowest BCUT2D eigenvalue weighted by Gasteiger charge is -2.09. The quantitative estimate of drug-likeness (QED) is 0.506. The van der Waals surface area contributed by atoms with E-state index in [1.54, 1.807) is 22.6 Å². The number of hydrogen-bond acceptors (Lipinski definition) is 6. The largest absolute Gasteiger partial charge is 0.496 e. The molecule has 0 atom stereocenters. The van der Waals surface area contributed by atoms with Crippen LogP contribution in [0.25, 0.3) is 11.5 Å². The lowest BCUT2D eigenvalue weighted by molar-refractivity contribution is -0.121. The Hall–Kier alpha value is -3.75. The Morgan fingerprint density at radius 3 is 2.80 bits per heavy atom. The highest BCUT2D eigenvalue weighted by molar-refractivity contribution is 5.76. The highest BCUT2D eigenvalue weighted by atomic mass is 16.5. The van der Waals surface area contributed by atoms with E-state index in [0.29, 0.717) is 30.9 Å². The van der Waals surface area contributed by atoms with Crippen molar-refractivity contribution >= 4 is 11.6 Å². The van der Waals surface area contributed by atoms with Crippen molar-refractivity contribution in [1.82, 2.24) is 34.9 Å². The van der Waals surface area contributed by atoms with Crippen LogP contribution in [0.4, 0.5) is 0 Å². The minimum atomic E-state index is -0.0171. The standard InChI is InChI=1S/C21H23N7O2/c1-14-17(8-11-21(29)22-12-16-6-4-5-7-18(16)30-3)15(2)28(25-14)20-10-9-19-24-23-13-27(19)26-20/h4-7,9-10,13H,8,11-12H2,1-3H3,(H,22,29). The number of aromatic nitrogens is 6. The van der Waals surface area contributed by atoms with Gasteiger partial charge in [0.15, 0.2) is 11.5 Å². The Morgan fingerprint density at radius 1 is 1.13 bits per heavy atom. The third kappa shape index (κ3) is 3.86. The molecule has 1 N–H and O–H groups in total. The SMILES string of the molecule is COc1ccccc1CNC(=O)CCc1c(C)nn(-c2ccc3nncn3n2)c1C. The van der Waals surface area contributed by atoms with Gasteiger partial charge >= 0.3 is 0 Å². The molecular formula is C21H23N7O2. The molecule has 154 valence electrons. The summed E-state index contributed by atoms with van der Waals surface area (Å²) in [6.07, 6.45) is 2.53. The lowest BCUT2D eigenvalue weighted by Crippen LogP contribution is -2.23. The van der Waals surface area contributed by atoms with Gasteiger partial charge < -0.3 is 10.1 Å². The molecule has 9 nitrogen and oxygen atoms in total. The minimum absolute atomic E-state index is 0.0171. The number of hydrogen-bond donors (Lipinski definition) is 1. The first kappa shape index (κ1) is 19.6. The number of carbonyl (C=O) groups excluding carboxylic acids is 1. The predicted octanol–water partition coefficient (Wildman–Crippen LogP) is 2.18. The summed E-state index contributed by atoms with van der Waals surface area (Å²) < 4.78 is 8.72. The van der Waals surface area contributed by atoms with E-state index in [1.807, 2.05) is 50.2 Å². The average Bonchev–Trinajstić information content (AvgIpc) is 3.34. The summed E-state index contributed by atoms with van der Waals surface area (Å²) in [6.45, 7) is 4.37. The molecule has 0 aliphatic heterocycles. The summed E-state index contributed by atoms with van der Waals surface area (Å²) in [5.41, 5.74) is 4.52. The molecule has 0 radical (unpaired) electrons. The van der Waals surface area contributed by atoms with Gasteiger partial charge in [-0.3, -0.25) is 4.79 Å². The highest BCUT2D eigenvalue weighted by Crippen LogP contribution is 2.19. The maximum absolute atomic E-state index is 12.4. The Kier molecular flexibility index (Phi) is 5.42. The molecule has 0 saturated heterocycles. The number of aryl methyl sites for hydroxylation is 1. The smallest absolute Gasteiger partial charge is 0.220 e. The number of methoxy groups -OCH3 is 1. The van der Waals surface area contributed by atoms with Gasteiger partial charge in [-0.05, 0) is 44.0 Å². The molecule has 0 aliphatic carbocycles. The van der Waals surface area contributed by atoms with E-state index in [9.17, 15) is 4.79 Å². The Labute approximate surface area is 173 Å². The van der Waals surface area contributed by atoms with Gasteiger partial charge in [0.25, 0.3) is 0 Å². The first-order valence-electron chi connectivity index (χ1n) is 9.68. The van der Waals surface area contributed by atoms with Crippen molar-refractivity contribution in [2.75, 3.05) is 7.11 Å². The van der Waals surface area contributed by atoms with Gasteiger partial charge in [0.05, 0.1) is 12.8 Å². The van der Waals surface area contributed by atoms with Crippen molar-refractivity contribution in [3.63, 3.8) is 0 Å². The second-order valence-electron chi connectivity index (χ2n) is 6.97. The summed E-state index contributed by atoms with van der Waals surface area (Å²) in [5, 5.41) is 19.9. The van der Waals surface area contributed by atoms with Gasteiger partial charge in [-0.15, -0.1) is 15.3 Å². The van der Waals surface area contributed by atoms with Gasteiger partial charge in [0.1, 0.15) is 12.1 Å². The number of benzene rings is 1. The van der Waals surface area contributed by atoms with E-state index in [-0.39, 0.29) is 5.91 Å². The summed E-state index contributed by atoms with van der Waals surface area (Å²) in [6, 6.07) is 11.4. The molecule has 9 heteroatoms. The summed E-state index contributed by atoms with van der Waals surface area (Å²) in [4.78, 5) is 12.4. The van der Waals surface area contributed by atoms with Crippen LogP contribution < -0.4 is 10.1 Å². The lowest BCUT2D eigenvalue weighted by atomic mass is 10.1. The van der Waals surface area contributed by atoms with Crippen molar-refractivity contribution in [3.05, 3.63) is 65.2 Å². The Morgan fingerprint density at radius 2 is 1.97 bits per heavy atom. The van der Waals surface area contributed by atoms with Crippen LogP contribution in [0.3, 0.4) is 0 Å². The van der Waals surface area contributed by atoms with Gasteiger partial charge in [-0.25, -0.2) is 4.68 Å². The molecule has 0 saturated carbocycles. The molecule has 1 aromatic carbocycles. The fraction of sp³-hybridized carbons (Fsp3) is 0.286. The predicted molar refractivity (Wildman–Crippen MR) is 111 cm³/mol. The summed E-state index contributed by atoms with van der Waals surface area (Å²) in [5.74, 6) is 1.43. The summed E-state index contributed by atoms with van der Waals surface area (Å²) in [7, 11) is 1.62. The molecule has 0 fully saturated rings. The minimum Gasteiger partial charge on any atom is -0.496 e. The van der Waals surface area contributed by atoms with E-state index in [1.165, 1.54) is 0 Å². The number of rotatable bonds is 7. The number of ether oxygens (including phenoxy) is 1. The van der Waals surface area contributed by atoms with Crippen molar-refractivity contribution in [3.8, 4) is 11.6 Å². The van der Waals surface area contributed by atoms with Crippen LogP contribution >= 0.6 is 0 Å². The van der Waals surface area contributed by atoms with Crippen LogP contribution in [0.1, 0.15) is 28.9 Å². The maximum Gasteiger partial charge on any atom is 0.220 e. The van der Waals surface area contributed by atoms with E-state index in [4.69, 9.17) is 4.74 Å². The molecule has 4 rings (SSSR count). The molecule has 3 aromatic heterocycles. The van der Waals surface area contributed by atoms with Crippen molar-refractivity contribution in [1.29, 1.82) is 0 Å². The monoisotopic (exact) mass is 405 g/mol. The van der Waals surface area contributed by atoms with Gasteiger partial charge in [-0.1, -0.05) is 18.2 Å². The zero-order valence-corrected chi connectivity index (χ0v) is 17.2. The zero-order chi connectivity index (χ0) is 21.1. The van der Waals surface area contributed by atoms with Crippen LogP contribution in [0.15, 0.2) is 42.7 Å². The fourth-order valence-corrected chi connectivity index (χ4v) is 3.46. The van der Waals surface area contributed by atoms with Gasteiger partial charge in [-0.2, -0.15) is 9.61 Å². The van der Waals surface area contributed by atoms with Gasteiger partial charge in [0.2, 0.25) is 5.91 Å². The molecule has 4 aromatic rings. The third-order valence-corrected chi connectivity index (χ3v) is 5.08. The topological polar surface area (TPSA) is 99.2 Å². The van der Waals surface area contributed by atoms with Crippen LogP contribution in [0, 0.1) is 13.8 Å². The Bertz CT molecular complexity index is 1200. The molecular weight excluding hydrogens is 382 g/mol. The number of para-hydroxylation sites is 1. The van der Waals surface area contributed by atoms with Crippen LogP contribution in [-0.2, 0) is 17.8 Å². The van der Waals surface area contributed by atoms with E-state index in [2.05, 4.69) is 25.7 Å². The second kappa shape index (κ2) is 8.32. The molecule has 30 heavy (non-hydrogen) atoms. The van der Waals surface area contributed by atoms with Crippen molar-refractivity contribution in [2.24, 2.45) is 0 Å². The molecule has 0 spiro atoms. The maximum atomic E-state index is 12.4. The molecule has 0 bridgehead atoms. The number of nitrogens with zero attached hydrogens (tertiary/aromatic N) is 6. The van der Waals surface area contributed by atoms with E-state index < -0.39 is 0 Å². The van der Waals surface area contributed by atoms with Crippen LogP contribution in [0.2, 0.25) is 0 Å².